The lowest BCUT2D eigenvalue weighted by atomic mass is 10.1. The molecule has 26 heavy (non-hydrogen) atoms. The number of rotatable bonds is 7. The van der Waals surface area contributed by atoms with Gasteiger partial charge in [-0.05, 0) is 38.0 Å². The van der Waals surface area contributed by atoms with E-state index >= 15 is 0 Å². The molecule has 2 aliphatic rings. The largest absolute Gasteiger partial charge is 0.491 e. The van der Waals surface area contributed by atoms with Crippen molar-refractivity contribution in [1.29, 1.82) is 0 Å². The van der Waals surface area contributed by atoms with Crippen LogP contribution in [0.15, 0.2) is 24.3 Å². The molecule has 3 rings (SSSR count). The van der Waals surface area contributed by atoms with Gasteiger partial charge in [0.1, 0.15) is 18.9 Å². The molecule has 1 aromatic carbocycles. The fourth-order valence-electron chi connectivity index (χ4n) is 3.73. The minimum Gasteiger partial charge on any atom is -0.491 e. The minimum absolute atomic E-state index is 0.0700. The highest BCUT2D eigenvalue weighted by molar-refractivity contribution is 5.97. The van der Waals surface area contributed by atoms with Gasteiger partial charge in [-0.3, -0.25) is 9.59 Å². The molecule has 142 valence electrons. The molecular formula is C20H28N2O4. The fourth-order valence-corrected chi connectivity index (χ4v) is 3.73. The van der Waals surface area contributed by atoms with Gasteiger partial charge in [0, 0.05) is 31.3 Å². The van der Waals surface area contributed by atoms with Gasteiger partial charge in [-0.1, -0.05) is 18.9 Å². The van der Waals surface area contributed by atoms with Gasteiger partial charge in [0.25, 0.3) is 5.91 Å². The Kier molecular flexibility index (Phi) is 6.50. The SMILES string of the molecule is CCOCCOc1cccc(C(=O)N2CCN(C3CCCC3)C(=O)C2)c1. The summed E-state index contributed by atoms with van der Waals surface area (Å²) in [6, 6.07) is 7.51. The Morgan fingerprint density at radius 3 is 2.73 bits per heavy atom. The molecule has 0 radical (unpaired) electrons. The maximum absolute atomic E-state index is 12.8. The number of nitrogens with zero attached hydrogens (tertiary/aromatic N) is 2. The summed E-state index contributed by atoms with van der Waals surface area (Å²) in [5, 5.41) is 0. The molecule has 0 N–H and O–H groups in total. The van der Waals surface area contributed by atoms with E-state index in [1.54, 1.807) is 23.1 Å². The van der Waals surface area contributed by atoms with Crippen LogP contribution in [-0.4, -0.2) is 67.1 Å². The monoisotopic (exact) mass is 360 g/mol. The summed E-state index contributed by atoms with van der Waals surface area (Å²) >= 11 is 0. The maximum Gasteiger partial charge on any atom is 0.254 e. The average Bonchev–Trinajstić information content (AvgIpc) is 3.19. The van der Waals surface area contributed by atoms with E-state index in [0.29, 0.717) is 50.3 Å². The van der Waals surface area contributed by atoms with Gasteiger partial charge in [-0.15, -0.1) is 0 Å². The van der Waals surface area contributed by atoms with Gasteiger partial charge in [-0.25, -0.2) is 0 Å². The Morgan fingerprint density at radius 1 is 1.19 bits per heavy atom. The average molecular weight is 360 g/mol. The lowest BCUT2D eigenvalue weighted by Crippen LogP contribution is -2.54. The highest BCUT2D eigenvalue weighted by Crippen LogP contribution is 2.25. The number of amides is 2. The number of carbonyl (C=O) groups is 2. The first-order valence-electron chi connectivity index (χ1n) is 9.58. The zero-order valence-electron chi connectivity index (χ0n) is 15.5. The van der Waals surface area contributed by atoms with Crippen molar-refractivity contribution in [2.24, 2.45) is 0 Å². The Morgan fingerprint density at radius 2 is 2.00 bits per heavy atom. The van der Waals surface area contributed by atoms with E-state index in [2.05, 4.69) is 0 Å². The van der Waals surface area contributed by atoms with Crippen molar-refractivity contribution in [3.63, 3.8) is 0 Å². The van der Waals surface area contributed by atoms with Gasteiger partial charge < -0.3 is 19.3 Å². The van der Waals surface area contributed by atoms with Crippen molar-refractivity contribution in [1.82, 2.24) is 9.80 Å². The van der Waals surface area contributed by atoms with Gasteiger partial charge in [-0.2, -0.15) is 0 Å². The molecule has 1 aliphatic heterocycles. The number of hydrogen-bond acceptors (Lipinski definition) is 4. The Hall–Kier alpha value is -2.08. The van der Waals surface area contributed by atoms with Gasteiger partial charge in [0.05, 0.1) is 6.61 Å². The second-order valence-electron chi connectivity index (χ2n) is 6.83. The molecular weight excluding hydrogens is 332 g/mol. The molecule has 1 saturated carbocycles. The van der Waals surface area contributed by atoms with Gasteiger partial charge in [0.15, 0.2) is 0 Å². The van der Waals surface area contributed by atoms with Crippen LogP contribution >= 0.6 is 0 Å². The summed E-state index contributed by atoms with van der Waals surface area (Å²) in [4.78, 5) is 28.9. The van der Waals surface area contributed by atoms with E-state index in [1.165, 1.54) is 12.8 Å². The second-order valence-corrected chi connectivity index (χ2v) is 6.83. The van der Waals surface area contributed by atoms with Crippen molar-refractivity contribution < 1.29 is 19.1 Å². The summed E-state index contributed by atoms with van der Waals surface area (Å²) in [7, 11) is 0. The smallest absolute Gasteiger partial charge is 0.254 e. The van der Waals surface area contributed by atoms with Crippen LogP contribution in [0.25, 0.3) is 0 Å². The number of carbonyl (C=O) groups excluding carboxylic acids is 2. The molecule has 2 fully saturated rings. The number of benzene rings is 1. The van der Waals surface area contributed by atoms with E-state index in [1.807, 2.05) is 17.9 Å². The molecule has 0 spiro atoms. The number of piperazine rings is 1. The molecule has 1 aromatic rings. The lowest BCUT2D eigenvalue weighted by molar-refractivity contribution is -0.137. The van der Waals surface area contributed by atoms with Crippen molar-refractivity contribution in [2.75, 3.05) is 39.5 Å². The lowest BCUT2D eigenvalue weighted by Gasteiger charge is -2.37. The van der Waals surface area contributed by atoms with E-state index in [4.69, 9.17) is 9.47 Å². The predicted octanol–water partition coefficient (Wildman–Crippen LogP) is 2.33. The summed E-state index contributed by atoms with van der Waals surface area (Å²) in [6.45, 7) is 4.97. The maximum atomic E-state index is 12.8. The standard InChI is InChI=1S/C20H28N2O4/c1-2-25-12-13-26-18-9-5-6-16(14-18)20(24)21-10-11-22(19(23)15-21)17-7-3-4-8-17/h5-6,9,14,17H,2-4,7-8,10-13,15H2,1H3. The summed E-state index contributed by atoms with van der Waals surface area (Å²) < 4.78 is 10.9. The van der Waals surface area contributed by atoms with Gasteiger partial charge >= 0.3 is 0 Å². The van der Waals surface area contributed by atoms with Crippen LogP contribution in [0.5, 0.6) is 5.75 Å². The Balaban J connectivity index is 1.56. The van der Waals surface area contributed by atoms with E-state index in [9.17, 15) is 9.59 Å². The summed E-state index contributed by atoms with van der Waals surface area (Å²) in [5.74, 6) is 0.603. The quantitative estimate of drug-likeness (QED) is 0.700. The Labute approximate surface area is 155 Å². The van der Waals surface area contributed by atoms with Crippen LogP contribution < -0.4 is 4.74 Å². The third-order valence-electron chi connectivity index (χ3n) is 5.09. The summed E-state index contributed by atoms with van der Waals surface area (Å²) in [5.41, 5.74) is 0.557. The van der Waals surface area contributed by atoms with Crippen LogP contribution in [0.4, 0.5) is 0 Å². The van der Waals surface area contributed by atoms with Crippen molar-refractivity contribution in [3.05, 3.63) is 29.8 Å². The first-order valence-corrected chi connectivity index (χ1v) is 9.58. The predicted molar refractivity (Wildman–Crippen MR) is 98.3 cm³/mol. The first kappa shape index (κ1) is 18.7. The molecule has 0 unspecified atom stereocenters. The van der Waals surface area contributed by atoms with Crippen LogP contribution in [0.2, 0.25) is 0 Å². The van der Waals surface area contributed by atoms with Crippen LogP contribution in [0.1, 0.15) is 43.0 Å². The first-order chi connectivity index (χ1) is 12.7. The van der Waals surface area contributed by atoms with Crippen LogP contribution in [-0.2, 0) is 9.53 Å². The minimum atomic E-state index is -0.111. The molecule has 6 nitrogen and oxygen atoms in total. The molecule has 1 heterocycles. The van der Waals surface area contributed by atoms with Gasteiger partial charge in [0.2, 0.25) is 5.91 Å². The zero-order chi connectivity index (χ0) is 18.4. The molecule has 0 aromatic heterocycles. The fraction of sp³-hybridized carbons (Fsp3) is 0.600. The summed E-state index contributed by atoms with van der Waals surface area (Å²) in [6.07, 6.45) is 4.60. The Bertz CT molecular complexity index is 628. The van der Waals surface area contributed by atoms with Crippen LogP contribution in [0, 0.1) is 0 Å². The van der Waals surface area contributed by atoms with E-state index < -0.39 is 0 Å². The third-order valence-corrected chi connectivity index (χ3v) is 5.09. The molecule has 1 aliphatic carbocycles. The van der Waals surface area contributed by atoms with E-state index in [-0.39, 0.29) is 18.4 Å². The number of ether oxygens (including phenoxy) is 2. The molecule has 0 bridgehead atoms. The van der Waals surface area contributed by atoms with E-state index in [0.717, 1.165) is 12.8 Å². The van der Waals surface area contributed by atoms with Crippen LogP contribution in [0.3, 0.4) is 0 Å². The number of hydrogen-bond donors (Lipinski definition) is 0. The molecule has 1 saturated heterocycles. The zero-order valence-corrected chi connectivity index (χ0v) is 15.5. The molecule has 0 atom stereocenters. The molecule has 2 amide bonds. The van der Waals surface area contributed by atoms with Crippen molar-refractivity contribution in [3.8, 4) is 5.75 Å². The second kappa shape index (κ2) is 9.03. The van der Waals surface area contributed by atoms with Crippen molar-refractivity contribution >= 4 is 11.8 Å². The normalized spacial score (nSPS) is 18.4. The highest BCUT2D eigenvalue weighted by atomic mass is 16.5. The van der Waals surface area contributed by atoms with Crippen molar-refractivity contribution in [2.45, 2.75) is 38.6 Å². The highest BCUT2D eigenvalue weighted by Gasteiger charge is 2.33. The molecule has 6 heteroatoms. The topological polar surface area (TPSA) is 59.1 Å². The third kappa shape index (κ3) is 4.55.